The maximum atomic E-state index is 11.4. The summed E-state index contributed by atoms with van der Waals surface area (Å²) in [6, 6.07) is 1.16. The average molecular weight is 241 g/mol. The topological polar surface area (TPSA) is 80.0 Å². The molecule has 0 aliphatic rings. The zero-order valence-electron chi connectivity index (χ0n) is 9.80. The highest BCUT2D eigenvalue weighted by molar-refractivity contribution is 5.75. The van der Waals surface area contributed by atoms with Crippen LogP contribution in [0.3, 0.4) is 0 Å². The Hall–Kier alpha value is -1.82. The summed E-state index contributed by atoms with van der Waals surface area (Å²) in [5.74, 6) is 0.127. The van der Waals surface area contributed by atoms with E-state index in [9.17, 15) is 9.59 Å². The van der Waals surface area contributed by atoms with Crippen LogP contribution in [0.4, 0.5) is 0 Å². The van der Waals surface area contributed by atoms with E-state index in [1.54, 1.807) is 14.1 Å². The summed E-state index contributed by atoms with van der Waals surface area (Å²) in [5, 5.41) is 8.74. The summed E-state index contributed by atoms with van der Waals surface area (Å²) in [6.07, 6.45) is 1.32. The van der Waals surface area contributed by atoms with E-state index in [0.29, 0.717) is 0 Å². The Bertz CT molecular complexity index is 438. The van der Waals surface area contributed by atoms with Crippen LogP contribution in [-0.2, 0) is 11.4 Å². The van der Waals surface area contributed by atoms with Gasteiger partial charge in [-0.3, -0.25) is 9.59 Å². The lowest BCUT2D eigenvalue weighted by Crippen LogP contribution is -2.23. The van der Waals surface area contributed by atoms with Gasteiger partial charge in [0.2, 0.25) is 17.1 Å². The molecule has 6 heteroatoms. The maximum absolute atomic E-state index is 11.4. The largest absolute Gasteiger partial charge is 0.486 e. The van der Waals surface area contributed by atoms with Gasteiger partial charge < -0.3 is 19.2 Å². The molecule has 0 spiro atoms. The van der Waals surface area contributed by atoms with Crippen LogP contribution >= 0.6 is 0 Å². The van der Waals surface area contributed by atoms with E-state index >= 15 is 0 Å². The molecular formula is C11H15NO5. The molecule has 0 saturated carbocycles. The lowest BCUT2D eigenvalue weighted by molar-refractivity contribution is -0.129. The van der Waals surface area contributed by atoms with Crippen molar-refractivity contribution < 1.29 is 19.1 Å². The summed E-state index contributed by atoms with van der Waals surface area (Å²) in [4.78, 5) is 24.1. The van der Waals surface area contributed by atoms with Gasteiger partial charge in [-0.2, -0.15) is 0 Å². The molecule has 1 aromatic rings. The van der Waals surface area contributed by atoms with Crippen molar-refractivity contribution in [3.05, 3.63) is 28.3 Å². The number of carbonyl (C=O) groups excluding carboxylic acids is 1. The van der Waals surface area contributed by atoms with Gasteiger partial charge in [-0.15, -0.1) is 0 Å². The van der Waals surface area contributed by atoms with Crippen LogP contribution in [0, 0.1) is 0 Å². The van der Waals surface area contributed by atoms with Crippen molar-refractivity contribution in [2.45, 2.75) is 13.0 Å². The zero-order chi connectivity index (χ0) is 12.8. The highest BCUT2D eigenvalue weighted by Crippen LogP contribution is 2.06. The third kappa shape index (κ3) is 3.92. The van der Waals surface area contributed by atoms with Crippen LogP contribution in [-0.4, -0.2) is 36.6 Å². The van der Waals surface area contributed by atoms with Gasteiger partial charge >= 0.3 is 0 Å². The molecule has 0 radical (unpaired) electrons. The van der Waals surface area contributed by atoms with E-state index in [1.165, 1.54) is 4.90 Å². The van der Waals surface area contributed by atoms with Crippen molar-refractivity contribution in [1.82, 2.24) is 4.90 Å². The highest BCUT2D eigenvalue weighted by Gasteiger charge is 2.07. The second kappa shape index (κ2) is 6.05. The first kappa shape index (κ1) is 13.2. The fourth-order valence-electron chi connectivity index (χ4n) is 1.10. The monoisotopic (exact) mass is 241 g/mol. The van der Waals surface area contributed by atoms with E-state index in [-0.39, 0.29) is 42.5 Å². The Morgan fingerprint density at radius 3 is 2.76 bits per heavy atom. The van der Waals surface area contributed by atoms with Crippen LogP contribution in [0.25, 0.3) is 0 Å². The summed E-state index contributed by atoms with van der Waals surface area (Å²) >= 11 is 0. The van der Waals surface area contributed by atoms with Crippen LogP contribution in [0.5, 0.6) is 5.75 Å². The van der Waals surface area contributed by atoms with Crippen molar-refractivity contribution in [1.29, 1.82) is 0 Å². The number of aliphatic hydroxyl groups excluding tert-OH is 1. The normalized spacial score (nSPS) is 10.1. The molecule has 17 heavy (non-hydrogen) atoms. The van der Waals surface area contributed by atoms with Crippen molar-refractivity contribution in [3.8, 4) is 5.75 Å². The fraction of sp³-hybridized carbons (Fsp3) is 0.455. The summed E-state index contributed by atoms with van der Waals surface area (Å²) in [6.45, 7) is -0.227. The van der Waals surface area contributed by atoms with Gasteiger partial charge in [0.1, 0.15) is 18.6 Å². The van der Waals surface area contributed by atoms with Crippen LogP contribution in [0.2, 0.25) is 0 Å². The van der Waals surface area contributed by atoms with Crippen LogP contribution in [0.15, 0.2) is 21.5 Å². The number of aliphatic hydroxyl groups is 1. The average Bonchev–Trinajstić information content (AvgIpc) is 2.30. The molecule has 0 unspecified atom stereocenters. The molecule has 1 amide bonds. The predicted molar refractivity (Wildman–Crippen MR) is 59.7 cm³/mol. The number of carbonyl (C=O) groups is 1. The Kier molecular flexibility index (Phi) is 4.71. The van der Waals surface area contributed by atoms with Crippen molar-refractivity contribution in [3.63, 3.8) is 0 Å². The van der Waals surface area contributed by atoms with Gasteiger partial charge in [0, 0.05) is 20.2 Å². The van der Waals surface area contributed by atoms with E-state index in [0.717, 1.165) is 12.3 Å². The molecule has 0 bridgehead atoms. The fourth-order valence-corrected chi connectivity index (χ4v) is 1.10. The number of hydrogen-bond donors (Lipinski definition) is 1. The van der Waals surface area contributed by atoms with Crippen molar-refractivity contribution in [2.75, 3.05) is 20.7 Å². The summed E-state index contributed by atoms with van der Waals surface area (Å²) in [5.41, 5.74) is -0.377. The Balaban J connectivity index is 2.53. The van der Waals surface area contributed by atoms with Gasteiger partial charge in [0.25, 0.3) is 0 Å². The smallest absolute Gasteiger partial charge is 0.227 e. The van der Waals surface area contributed by atoms with Crippen molar-refractivity contribution >= 4 is 5.91 Å². The first-order valence-corrected chi connectivity index (χ1v) is 5.10. The third-order valence-electron chi connectivity index (χ3n) is 2.08. The lowest BCUT2D eigenvalue weighted by atomic mass is 10.3. The second-order valence-electron chi connectivity index (χ2n) is 3.62. The van der Waals surface area contributed by atoms with E-state index in [4.69, 9.17) is 14.3 Å². The third-order valence-corrected chi connectivity index (χ3v) is 2.08. The number of nitrogens with zero attached hydrogens (tertiary/aromatic N) is 1. The molecule has 0 aromatic carbocycles. The van der Waals surface area contributed by atoms with Gasteiger partial charge in [-0.05, 0) is 0 Å². The Morgan fingerprint density at radius 2 is 2.24 bits per heavy atom. The first-order chi connectivity index (χ1) is 8.04. The molecule has 94 valence electrons. The molecular weight excluding hydrogens is 226 g/mol. The molecule has 1 heterocycles. The standard InChI is InChI=1S/C11H15NO5/c1-12(2)11(15)3-4-16-10-7-17-8(6-13)5-9(10)14/h5,7,13H,3-4,6H2,1-2H3. The van der Waals surface area contributed by atoms with Crippen LogP contribution < -0.4 is 10.2 Å². The molecule has 0 aliphatic carbocycles. The molecule has 1 rings (SSSR count). The number of rotatable bonds is 5. The van der Waals surface area contributed by atoms with E-state index < -0.39 is 0 Å². The SMILES string of the molecule is CN(C)C(=O)CCOc1coc(CO)cc1=O. The van der Waals surface area contributed by atoms with Crippen molar-refractivity contribution in [2.24, 2.45) is 0 Å². The van der Waals surface area contributed by atoms with Crippen LogP contribution in [0.1, 0.15) is 12.2 Å². The number of amides is 1. The summed E-state index contributed by atoms with van der Waals surface area (Å²) in [7, 11) is 3.29. The molecule has 0 atom stereocenters. The number of hydrogen-bond acceptors (Lipinski definition) is 5. The zero-order valence-corrected chi connectivity index (χ0v) is 9.80. The molecule has 6 nitrogen and oxygen atoms in total. The van der Waals surface area contributed by atoms with E-state index in [1.807, 2.05) is 0 Å². The maximum Gasteiger partial charge on any atom is 0.227 e. The Labute approximate surface area is 98.4 Å². The minimum absolute atomic E-state index is 0.0359. The van der Waals surface area contributed by atoms with Gasteiger partial charge in [-0.25, -0.2) is 0 Å². The van der Waals surface area contributed by atoms with Gasteiger partial charge in [0.15, 0.2) is 0 Å². The summed E-state index contributed by atoms with van der Waals surface area (Å²) < 4.78 is 10.0. The van der Waals surface area contributed by atoms with E-state index in [2.05, 4.69) is 0 Å². The minimum Gasteiger partial charge on any atom is -0.486 e. The molecule has 0 aliphatic heterocycles. The molecule has 1 N–H and O–H groups in total. The number of ether oxygens (including phenoxy) is 1. The molecule has 0 saturated heterocycles. The second-order valence-corrected chi connectivity index (χ2v) is 3.62. The molecule has 0 fully saturated rings. The Morgan fingerprint density at radius 1 is 1.53 bits per heavy atom. The quantitative estimate of drug-likeness (QED) is 0.784. The lowest BCUT2D eigenvalue weighted by Gasteiger charge is -2.10. The van der Waals surface area contributed by atoms with Gasteiger partial charge in [-0.1, -0.05) is 0 Å². The van der Waals surface area contributed by atoms with Gasteiger partial charge in [0.05, 0.1) is 13.0 Å². The minimum atomic E-state index is -0.377. The first-order valence-electron chi connectivity index (χ1n) is 5.10. The highest BCUT2D eigenvalue weighted by atomic mass is 16.5. The molecule has 1 aromatic heterocycles. The predicted octanol–water partition coefficient (Wildman–Crippen LogP) is -0.0108.